The third kappa shape index (κ3) is 3.60. The van der Waals surface area contributed by atoms with Crippen molar-refractivity contribution < 1.29 is 4.42 Å². The molecule has 0 atom stereocenters. The van der Waals surface area contributed by atoms with E-state index in [1.165, 1.54) is 22.0 Å². The van der Waals surface area contributed by atoms with Crippen LogP contribution in [0.1, 0.15) is 42.0 Å². The molecule has 0 saturated heterocycles. The summed E-state index contributed by atoms with van der Waals surface area (Å²) in [4.78, 5) is 15.3. The first-order valence-corrected chi connectivity index (χ1v) is 9.86. The van der Waals surface area contributed by atoms with E-state index >= 15 is 0 Å². The predicted octanol–water partition coefficient (Wildman–Crippen LogP) is 5.04. The van der Waals surface area contributed by atoms with Crippen molar-refractivity contribution in [3.05, 3.63) is 81.3 Å². The molecule has 2 N–H and O–H groups in total. The van der Waals surface area contributed by atoms with Gasteiger partial charge in [0.2, 0.25) is 0 Å². The molecule has 4 heteroatoms. The van der Waals surface area contributed by atoms with Crippen LogP contribution in [-0.2, 0) is 13.0 Å². The highest BCUT2D eigenvalue weighted by Gasteiger charge is 2.11. The van der Waals surface area contributed by atoms with Crippen LogP contribution in [0.25, 0.3) is 21.9 Å². The van der Waals surface area contributed by atoms with Gasteiger partial charge in [0.25, 0.3) is 0 Å². The van der Waals surface area contributed by atoms with Crippen LogP contribution in [0.3, 0.4) is 0 Å². The molecule has 0 saturated carbocycles. The van der Waals surface area contributed by atoms with Crippen LogP contribution in [-0.4, -0.2) is 11.5 Å². The fourth-order valence-electron chi connectivity index (χ4n) is 3.94. The maximum absolute atomic E-state index is 12.0. The molecular formula is C24H26N2O2. The zero-order valence-corrected chi connectivity index (χ0v) is 16.6. The number of rotatable bonds is 6. The van der Waals surface area contributed by atoms with Crippen LogP contribution in [0.5, 0.6) is 0 Å². The van der Waals surface area contributed by atoms with Gasteiger partial charge in [-0.15, -0.1) is 0 Å². The number of hydrogen-bond acceptors (Lipinski definition) is 3. The Morgan fingerprint density at radius 3 is 2.71 bits per heavy atom. The summed E-state index contributed by atoms with van der Waals surface area (Å²) in [5, 5.41) is 5.79. The fourth-order valence-corrected chi connectivity index (χ4v) is 3.94. The van der Waals surface area contributed by atoms with Gasteiger partial charge in [-0.2, -0.15) is 0 Å². The Kier molecular flexibility index (Phi) is 5.05. The van der Waals surface area contributed by atoms with Crippen molar-refractivity contribution in [1.82, 2.24) is 10.3 Å². The molecule has 0 amide bonds. The van der Waals surface area contributed by atoms with Gasteiger partial charge in [-0.05, 0) is 66.3 Å². The molecule has 2 aromatic heterocycles. The maximum Gasteiger partial charge on any atom is 0.336 e. The van der Waals surface area contributed by atoms with Crippen LogP contribution in [0.4, 0.5) is 0 Å². The standard InChI is InChI=1S/C24H26N2O2/c1-15(2)20-12-21-18(11-24(27)28-23(21)10-16(20)3)13-25-9-8-17-14-26-22-7-5-4-6-19(17)22/h4-7,10-12,14-15,25-26H,8-9,13H2,1-3H3. The minimum atomic E-state index is -0.294. The number of H-pyrrole nitrogens is 1. The quantitative estimate of drug-likeness (QED) is 0.367. The fraction of sp³-hybridized carbons (Fsp3) is 0.292. The van der Waals surface area contributed by atoms with E-state index in [1.807, 2.05) is 12.1 Å². The van der Waals surface area contributed by atoms with E-state index in [9.17, 15) is 4.79 Å². The van der Waals surface area contributed by atoms with Gasteiger partial charge < -0.3 is 14.7 Å². The van der Waals surface area contributed by atoms with E-state index in [2.05, 4.69) is 61.5 Å². The summed E-state index contributed by atoms with van der Waals surface area (Å²) < 4.78 is 5.44. The van der Waals surface area contributed by atoms with E-state index in [4.69, 9.17) is 4.42 Å². The molecule has 0 aliphatic carbocycles. The van der Waals surface area contributed by atoms with Crippen molar-refractivity contribution in [2.75, 3.05) is 6.54 Å². The van der Waals surface area contributed by atoms with Crippen molar-refractivity contribution in [1.29, 1.82) is 0 Å². The largest absolute Gasteiger partial charge is 0.423 e. The first-order valence-electron chi connectivity index (χ1n) is 9.86. The van der Waals surface area contributed by atoms with Gasteiger partial charge in [-0.25, -0.2) is 4.79 Å². The van der Waals surface area contributed by atoms with Gasteiger partial charge in [-0.3, -0.25) is 0 Å². The Morgan fingerprint density at radius 2 is 1.89 bits per heavy atom. The normalized spacial score (nSPS) is 11.7. The SMILES string of the molecule is Cc1cc2oc(=O)cc(CNCCc3c[nH]c4ccccc34)c2cc1C(C)C. The summed E-state index contributed by atoms with van der Waals surface area (Å²) in [6, 6.07) is 14.1. The molecule has 0 fully saturated rings. The lowest BCUT2D eigenvalue weighted by Gasteiger charge is -2.13. The van der Waals surface area contributed by atoms with Crippen LogP contribution in [0, 0.1) is 6.92 Å². The smallest absolute Gasteiger partial charge is 0.336 e. The van der Waals surface area contributed by atoms with Gasteiger partial charge in [-0.1, -0.05) is 32.0 Å². The van der Waals surface area contributed by atoms with Gasteiger partial charge in [0.05, 0.1) is 0 Å². The van der Waals surface area contributed by atoms with Crippen LogP contribution in [0.2, 0.25) is 0 Å². The summed E-state index contributed by atoms with van der Waals surface area (Å²) in [6.45, 7) is 7.93. The lowest BCUT2D eigenvalue weighted by atomic mass is 9.95. The minimum absolute atomic E-state index is 0.294. The number of aromatic nitrogens is 1. The second-order valence-electron chi connectivity index (χ2n) is 7.74. The Morgan fingerprint density at radius 1 is 1.07 bits per heavy atom. The highest BCUT2D eigenvalue weighted by atomic mass is 16.4. The van der Waals surface area contributed by atoms with Gasteiger partial charge in [0, 0.05) is 35.1 Å². The monoisotopic (exact) mass is 374 g/mol. The number of aryl methyl sites for hydroxylation is 1. The number of aromatic amines is 1. The highest BCUT2D eigenvalue weighted by Crippen LogP contribution is 2.27. The zero-order valence-electron chi connectivity index (χ0n) is 16.6. The van der Waals surface area contributed by atoms with Crippen LogP contribution >= 0.6 is 0 Å². The number of nitrogens with one attached hydrogen (secondary N) is 2. The Balaban J connectivity index is 1.52. The molecule has 144 valence electrons. The Bertz CT molecular complexity index is 1180. The van der Waals surface area contributed by atoms with E-state index in [1.54, 1.807) is 6.07 Å². The minimum Gasteiger partial charge on any atom is -0.423 e. The van der Waals surface area contributed by atoms with Gasteiger partial charge in [0.1, 0.15) is 5.58 Å². The number of fused-ring (bicyclic) bond motifs is 2. The van der Waals surface area contributed by atoms with E-state index < -0.39 is 0 Å². The average molecular weight is 374 g/mol. The van der Waals surface area contributed by atoms with Crippen LogP contribution in [0.15, 0.2) is 57.9 Å². The molecule has 0 aliphatic rings. The first-order chi connectivity index (χ1) is 13.5. The zero-order chi connectivity index (χ0) is 19.7. The molecule has 2 heterocycles. The summed E-state index contributed by atoms with van der Waals surface area (Å²) in [7, 11) is 0. The summed E-state index contributed by atoms with van der Waals surface area (Å²) in [5.74, 6) is 0.430. The second-order valence-corrected chi connectivity index (χ2v) is 7.74. The van der Waals surface area contributed by atoms with Crippen molar-refractivity contribution in [2.45, 2.75) is 39.7 Å². The lowest BCUT2D eigenvalue weighted by Crippen LogP contribution is -2.18. The van der Waals surface area contributed by atoms with E-state index in [0.29, 0.717) is 18.0 Å². The maximum atomic E-state index is 12.0. The van der Waals surface area contributed by atoms with Crippen LogP contribution < -0.4 is 10.9 Å². The highest BCUT2D eigenvalue weighted by molar-refractivity contribution is 5.83. The molecule has 0 spiro atoms. The molecule has 0 radical (unpaired) electrons. The molecule has 2 aromatic carbocycles. The first kappa shape index (κ1) is 18.5. The average Bonchev–Trinajstić information content (AvgIpc) is 3.07. The molecule has 0 bridgehead atoms. The molecule has 4 nitrogen and oxygen atoms in total. The summed E-state index contributed by atoms with van der Waals surface area (Å²) in [6.07, 6.45) is 3.01. The number of para-hydroxylation sites is 1. The molecular weight excluding hydrogens is 348 g/mol. The molecule has 0 unspecified atom stereocenters. The molecule has 28 heavy (non-hydrogen) atoms. The Hall–Kier alpha value is -2.85. The van der Waals surface area contributed by atoms with Crippen molar-refractivity contribution in [3.8, 4) is 0 Å². The summed E-state index contributed by atoms with van der Waals surface area (Å²) >= 11 is 0. The lowest BCUT2D eigenvalue weighted by molar-refractivity contribution is 0.556. The van der Waals surface area contributed by atoms with Gasteiger partial charge in [0.15, 0.2) is 0 Å². The van der Waals surface area contributed by atoms with Crippen molar-refractivity contribution in [3.63, 3.8) is 0 Å². The third-order valence-corrected chi connectivity index (χ3v) is 5.40. The Labute approximate surface area is 164 Å². The van der Waals surface area contributed by atoms with E-state index in [0.717, 1.165) is 29.5 Å². The molecule has 4 rings (SSSR count). The molecule has 4 aromatic rings. The summed E-state index contributed by atoms with van der Waals surface area (Å²) in [5.41, 5.74) is 6.29. The van der Waals surface area contributed by atoms with E-state index in [-0.39, 0.29) is 5.63 Å². The van der Waals surface area contributed by atoms with Gasteiger partial charge >= 0.3 is 5.63 Å². The molecule has 0 aliphatic heterocycles. The van der Waals surface area contributed by atoms with Crippen molar-refractivity contribution in [2.24, 2.45) is 0 Å². The van der Waals surface area contributed by atoms with Crippen molar-refractivity contribution >= 4 is 21.9 Å². The number of benzene rings is 2. The topological polar surface area (TPSA) is 58.0 Å². The number of hydrogen-bond donors (Lipinski definition) is 2. The third-order valence-electron chi connectivity index (χ3n) is 5.40. The predicted molar refractivity (Wildman–Crippen MR) is 115 cm³/mol. The second kappa shape index (κ2) is 7.64.